The molecule has 4 rings (SSSR count). The zero-order valence-electron chi connectivity index (χ0n) is 16.0. The van der Waals surface area contributed by atoms with Crippen LogP contribution in [0, 0.1) is 40.4 Å². The minimum absolute atomic E-state index is 0.0216. The van der Waals surface area contributed by atoms with Crippen LogP contribution < -0.4 is 0 Å². The van der Waals surface area contributed by atoms with E-state index in [1.165, 1.54) is 13.5 Å². The summed E-state index contributed by atoms with van der Waals surface area (Å²) in [5.74, 6) is 0.286. The highest BCUT2D eigenvalue weighted by Gasteiger charge is 2.66. The van der Waals surface area contributed by atoms with Crippen LogP contribution in [0.2, 0.25) is 0 Å². The van der Waals surface area contributed by atoms with E-state index in [4.69, 9.17) is 4.74 Å². The van der Waals surface area contributed by atoms with Gasteiger partial charge in [-0.05, 0) is 80.5 Å². The van der Waals surface area contributed by atoms with Crippen LogP contribution in [0.15, 0.2) is 0 Å². The first-order valence-corrected chi connectivity index (χ1v) is 10.3. The van der Waals surface area contributed by atoms with Gasteiger partial charge in [0.2, 0.25) is 0 Å². The summed E-state index contributed by atoms with van der Waals surface area (Å²) in [5.41, 5.74) is -0.363. The van der Waals surface area contributed by atoms with Crippen molar-refractivity contribution in [2.75, 3.05) is 7.11 Å². The minimum atomic E-state index is -1.53. The highest BCUT2D eigenvalue weighted by atomic mass is 16.5. The van der Waals surface area contributed by atoms with Gasteiger partial charge in [0.05, 0.1) is 13.0 Å². The second kappa shape index (κ2) is 5.69. The molecule has 0 spiro atoms. The molecule has 0 bridgehead atoms. The SMILES string of the molecule is COC(=O)[C@H]1CC[C@H]2[C@@H]3CC[C@@H]4CCCC(O)(O)[C@]4(C)[C@H]3CC[C@]12C. The lowest BCUT2D eigenvalue weighted by Crippen LogP contribution is -2.63. The molecular weight excluding hydrogens is 316 g/mol. The topological polar surface area (TPSA) is 66.8 Å². The fourth-order valence-corrected chi connectivity index (χ4v) is 7.89. The molecule has 0 heterocycles. The fraction of sp³-hybridized carbons (Fsp3) is 0.952. The molecule has 4 saturated carbocycles. The van der Waals surface area contributed by atoms with Crippen LogP contribution in [-0.4, -0.2) is 29.1 Å². The van der Waals surface area contributed by atoms with Gasteiger partial charge in [-0.15, -0.1) is 0 Å². The zero-order chi connectivity index (χ0) is 18.0. The number of rotatable bonds is 1. The summed E-state index contributed by atoms with van der Waals surface area (Å²) in [6, 6.07) is 0. The third kappa shape index (κ3) is 2.22. The third-order valence-corrected chi connectivity index (χ3v) is 9.33. The number of methoxy groups -OCH3 is 1. The van der Waals surface area contributed by atoms with E-state index in [1.807, 2.05) is 0 Å². The Bertz CT molecular complexity index is 558. The van der Waals surface area contributed by atoms with Crippen LogP contribution in [0.5, 0.6) is 0 Å². The molecule has 25 heavy (non-hydrogen) atoms. The Morgan fingerprint density at radius 2 is 1.72 bits per heavy atom. The first-order chi connectivity index (χ1) is 11.8. The van der Waals surface area contributed by atoms with Gasteiger partial charge in [0, 0.05) is 11.8 Å². The lowest BCUT2D eigenvalue weighted by Gasteiger charge is -2.63. The molecule has 0 aliphatic heterocycles. The van der Waals surface area contributed by atoms with Crippen molar-refractivity contribution in [2.24, 2.45) is 40.4 Å². The molecule has 4 heteroatoms. The van der Waals surface area contributed by atoms with Crippen LogP contribution in [0.3, 0.4) is 0 Å². The maximum Gasteiger partial charge on any atom is 0.309 e. The van der Waals surface area contributed by atoms with Gasteiger partial charge in [-0.25, -0.2) is 0 Å². The average Bonchev–Trinajstić information content (AvgIpc) is 2.92. The molecular formula is C21H34O4. The second-order valence-corrected chi connectivity index (χ2v) is 9.84. The summed E-state index contributed by atoms with van der Waals surface area (Å²) in [4.78, 5) is 12.3. The molecule has 142 valence electrons. The van der Waals surface area contributed by atoms with Gasteiger partial charge in [-0.2, -0.15) is 0 Å². The fourth-order valence-electron chi connectivity index (χ4n) is 7.89. The van der Waals surface area contributed by atoms with Gasteiger partial charge < -0.3 is 14.9 Å². The summed E-state index contributed by atoms with van der Waals surface area (Å²) >= 11 is 0. The van der Waals surface area contributed by atoms with Crippen molar-refractivity contribution in [3.63, 3.8) is 0 Å². The van der Waals surface area contributed by atoms with Crippen molar-refractivity contribution >= 4 is 5.97 Å². The van der Waals surface area contributed by atoms with E-state index in [1.54, 1.807) is 0 Å². The number of carbonyl (C=O) groups is 1. The van der Waals surface area contributed by atoms with E-state index in [0.717, 1.165) is 44.9 Å². The summed E-state index contributed by atoms with van der Waals surface area (Å²) in [7, 11) is 1.50. The molecule has 0 unspecified atom stereocenters. The lowest BCUT2D eigenvalue weighted by molar-refractivity contribution is -0.313. The molecule has 4 aliphatic rings. The maximum atomic E-state index is 12.3. The van der Waals surface area contributed by atoms with Crippen molar-refractivity contribution in [1.82, 2.24) is 0 Å². The van der Waals surface area contributed by atoms with Crippen LogP contribution in [0.4, 0.5) is 0 Å². The molecule has 0 amide bonds. The highest BCUT2D eigenvalue weighted by molar-refractivity contribution is 5.73. The molecule has 4 aliphatic carbocycles. The van der Waals surface area contributed by atoms with Gasteiger partial charge in [0.1, 0.15) is 0 Å². The number of hydrogen-bond donors (Lipinski definition) is 2. The Balaban J connectivity index is 1.66. The quantitative estimate of drug-likeness (QED) is 0.561. The van der Waals surface area contributed by atoms with Gasteiger partial charge in [0.25, 0.3) is 0 Å². The van der Waals surface area contributed by atoms with E-state index in [0.29, 0.717) is 30.1 Å². The molecule has 7 atom stereocenters. The summed E-state index contributed by atoms with van der Waals surface area (Å²) in [5, 5.41) is 21.9. The van der Waals surface area contributed by atoms with Crippen molar-refractivity contribution in [3.05, 3.63) is 0 Å². The smallest absolute Gasteiger partial charge is 0.309 e. The van der Waals surface area contributed by atoms with E-state index < -0.39 is 11.2 Å². The van der Waals surface area contributed by atoms with Crippen molar-refractivity contribution in [3.8, 4) is 0 Å². The van der Waals surface area contributed by atoms with Gasteiger partial charge in [-0.1, -0.05) is 13.8 Å². The zero-order valence-corrected chi connectivity index (χ0v) is 16.0. The normalized spacial score (nSPS) is 51.2. The largest absolute Gasteiger partial charge is 0.469 e. The molecule has 0 radical (unpaired) electrons. The second-order valence-electron chi connectivity index (χ2n) is 9.84. The number of fused-ring (bicyclic) bond motifs is 5. The van der Waals surface area contributed by atoms with E-state index in [2.05, 4.69) is 13.8 Å². The predicted molar refractivity (Wildman–Crippen MR) is 94.4 cm³/mol. The first-order valence-electron chi connectivity index (χ1n) is 10.3. The molecule has 0 aromatic carbocycles. The Morgan fingerprint density at radius 1 is 0.960 bits per heavy atom. The Morgan fingerprint density at radius 3 is 2.44 bits per heavy atom. The minimum Gasteiger partial charge on any atom is -0.469 e. The Hall–Kier alpha value is -0.610. The van der Waals surface area contributed by atoms with E-state index in [-0.39, 0.29) is 17.3 Å². The summed E-state index contributed by atoms with van der Waals surface area (Å²) in [6.45, 7) is 4.45. The van der Waals surface area contributed by atoms with Crippen molar-refractivity contribution in [1.29, 1.82) is 0 Å². The highest BCUT2D eigenvalue weighted by Crippen LogP contribution is 2.68. The van der Waals surface area contributed by atoms with Crippen LogP contribution in [0.25, 0.3) is 0 Å². The van der Waals surface area contributed by atoms with E-state index in [9.17, 15) is 15.0 Å². The summed E-state index contributed by atoms with van der Waals surface area (Å²) in [6.07, 6.45) is 8.91. The number of carbonyl (C=O) groups excluding carboxylic acids is 1. The number of esters is 1. The number of aliphatic hydroxyl groups is 2. The monoisotopic (exact) mass is 350 g/mol. The van der Waals surface area contributed by atoms with E-state index >= 15 is 0 Å². The Labute approximate surface area is 151 Å². The van der Waals surface area contributed by atoms with Crippen LogP contribution in [-0.2, 0) is 9.53 Å². The Kier molecular flexibility index (Phi) is 4.05. The summed E-state index contributed by atoms with van der Waals surface area (Å²) < 4.78 is 5.10. The molecule has 4 nitrogen and oxygen atoms in total. The van der Waals surface area contributed by atoms with Gasteiger partial charge >= 0.3 is 5.97 Å². The standard InChI is InChI=1S/C21H34O4/c1-19-12-10-16-14(15(19)8-9-17(19)18(22)25-3)7-6-13-5-4-11-21(23,24)20(13,16)2/h13-17,23-24H,4-12H2,1-3H3/t13-,14-,15-,16-,17+,19-,20-/m0/s1. The first kappa shape index (κ1) is 17.8. The number of hydrogen-bond acceptors (Lipinski definition) is 4. The molecule has 0 aromatic heterocycles. The maximum absolute atomic E-state index is 12.3. The molecule has 0 aromatic rings. The van der Waals surface area contributed by atoms with Crippen LogP contribution in [0.1, 0.15) is 71.6 Å². The third-order valence-electron chi connectivity index (χ3n) is 9.33. The average molecular weight is 350 g/mol. The molecule has 0 saturated heterocycles. The lowest BCUT2D eigenvalue weighted by atomic mass is 9.43. The molecule has 4 fully saturated rings. The van der Waals surface area contributed by atoms with Gasteiger partial charge in [-0.3, -0.25) is 4.79 Å². The van der Waals surface area contributed by atoms with Crippen molar-refractivity contribution in [2.45, 2.75) is 77.4 Å². The van der Waals surface area contributed by atoms with Gasteiger partial charge in [0.15, 0.2) is 5.79 Å². The van der Waals surface area contributed by atoms with Crippen molar-refractivity contribution < 1.29 is 19.7 Å². The number of ether oxygens (including phenoxy) is 1. The predicted octanol–water partition coefficient (Wildman–Crippen LogP) is 3.50. The van der Waals surface area contributed by atoms with Crippen LogP contribution >= 0.6 is 0 Å². The molecule has 2 N–H and O–H groups in total.